The second kappa shape index (κ2) is 7.04. The highest BCUT2D eigenvalue weighted by molar-refractivity contribution is 5.91. The summed E-state index contributed by atoms with van der Waals surface area (Å²) in [5, 5.41) is 21.0. The van der Waals surface area contributed by atoms with Crippen molar-refractivity contribution in [1.82, 2.24) is 0 Å². The van der Waals surface area contributed by atoms with Crippen LogP contribution in [0.25, 0.3) is 0 Å². The lowest BCUT2D eigenvalue weighted by Crippen LogP contribution is -2.08. The Labute approximate surface area is 108 Å². The van der Waals surface area contributed by atoms with E-state index in [1.807, 2.05) is 6.07 Å². The van der Waals surface area contributed by atoms with Gasteiger partial charge in [0.2, 0.25) is 0 Å². The van der Waals surface area contributed by atoms with Gasteiger partial charge >= 0.3 is 5.97 Å². The molecule has 0 aliphatic heterocycles. The summed E-state index contributed by atoms with van der Waals surface area (Å²) in [6, 6.07) is 3.43. The van der Waals surface area contributed by atoms with Gasteiger partial charge in [0.25, 0.3) is 0 Å². The Kier molecular flexibility index (Phi) is 5.69. The molecule has 1 N–H and O–H groups in total. The van der Waals surface area contributed by atoms with Crippen LogP contribution >= 0.6 is 0 Å². The molecule has 0 spiro atoms. The zero-order valence-corrected chi connectivity index (χ0v) is 11.2. The highest BCUT2D eigenvalue weighted by atomic mass is 16.4. The Balaban J connectivity index is 3.06. The lowest BCUT2D eigenvalue weighted by atomic mass is 9.97. The van der Waals surface area contributed by atoms with Crippen LogP contribution in [-0.2, 0) is 12.8 Å². The maximum Gasteiger partial charge on any atom is 0.335 e. The van der Waals surface area contributed by atoms with Gasteiger partial charge in [-0.15, -0.1) is 0 Å². The number of carboxylic acid groups (broad SMARTS) is 1. The molecule has 0 amide bonds. The Bertz CT molecular complexity index is 410. The van der Waals surface area contributed by atoms with Crippen LogP contribution in [0.4, 0.5) is 0 Å². The van der Waals surface area contributed by atoms with Gasteiger partial charge in [-0.1, -0.05) is 44.1 Å². The molecule has 0 unspecified atom stereocenters. The van der Waals surface area contributed by atoms with Crippen molar-refractivity contribution in [3.05, 3.63) is 28.8 Å². The molecule has 100 valence electrons. The molecule has 0 heterocycles. The molecule has 1 aromatic carbocycles. The second-order valence-corrected chi connectivity index (χ2v) is 4.64. The third-order valence-electron chi connectivity index (χ3n) is 3.07. The van der Waals surface area contributed by atoms with Crippen LogP contribution in [0.3, 0.4) is 0 Å². The van der Waals surface area contributed by atoms with Gasteiger partial charge in [0.1, 0.15) is 0 Å². The summed E-state index contributed by atoms with van der Waals surface area (Å²) in [5.41, 5.74) is 1.55. The smallest absolute Gasteiger partial charge is 0.335 e. The molecule has 1 aromatic rings. The Morgan fingerprint density at radius 3 is 2.33 bits per heavy atom. The van der Waals surface area contributed by atoms with Gasteiger partial charge in [0.05, 0.1) is 5.56 Å². The van der Waals surface area contributed by atoms with E-state index in [9.17, 15) is 9.90 Å². The number of aryl methyl sites for hydroxylation is 2. The van der Waals surface area contributed by atoms with Gasteiger partial charge < -0.3 is 10.2 Å². The predicted octanol–water partition coefficient (Wildman–Crippen LogP) is 3.14. The zero-order valence-electron chi connectivity index (χ0n) is 11.2. The fraction of sp³-hybridized carbons (Fsp3) is 0.533. The third kappa shape index (κ3) is 3.76. The molecule has 0 atom stereocenters. The second-order valence-electron chi connectivity index (χ2n) is 4.64. The van der Waals surface area contributed by atoms with Crippen molar-refractivity contribution in [2.75, 3.05) is 0 Å². The molecule has 0 aromatic heterocycles. The van der Waals surface area contributed by atoms with E-state index in [4.69, 9.17) is 5.11 Å². The summed E-state index contributed by atoms with van der Waals surface area (Å²) in [4.78, 5) is 11.1. The Hall–Kier alpha value is -1.51. The number of rotatable bonds is 7. The number of aromatic carboxylic acids is 1. The lowest BCUT2D eigenvalue weighted by molar-refractivity contribution is -0.270. The van der Waals surface area contributed by atoms with Crippen LogP contribution in [0.5, 0.6) is 5.75 Å². The normalized spacial score (nSPS) is 10.6. The van der Waals surface area contributed by atoms with E-state index in [2.05, 4.69) is 13.8 Å². The Morgan fingerprint density at radius 2 is 1.78 bits per heavy atom. The standard InChI is InChI=1S/C15H22O3/c1-3-5-7-11-9-12(8-6-4-2)14(16)13(10-11)15(17)18/h9-10,16H,3-8H2,1-2H3,(H,17,18)/p-1. The number of carboxylic acids is 1. The molecule has 18 heavy (non-hydrogen) atoms. The molecule has 0 saturated heterocycles. The van der Waals surface area contributed by atoms with Crippen LogP contribution in [0.1, 0.15) is 61.0 Å². The number of carbonyl (C=O) groups is 1. The highest BCUT2D eigenvalue weighted by Crippen LogP contribution is 2.24. The van der Waals surface area contributed by atoms with Gasteiger partial charge in [0, 0.05) is 0 Å². The first kappa shape index (κ1) is 14.6. The average Bonchev–Trinajstić information content (AvgIpc) is 2.35. The fourth-order valence-corrected chi connectivity index (χ4v) is 1.99. The first-order chi connectivity index (χ1) is 8.60. The molecular weight excluding hydrogens is 228 g/mol. The minimum absolute atomic E-state index is 0.0743. The average molecular weight is 249 g/mol. The van der Waals surface area contributed by atoms with Crippen molar-refractivity contribution in [3.63, 3.8) is 0 Å². The Morgan fingerprint density at radius 1 is 1.17 bits per heavy atom. The minimum atomic E-state index is -1.11. The van der Waals surface area contributed by atoms with E-state index < -0.39 is 5.97 Å². The number of unbranched alkanes of at least 4 members (excludes halogenated alkanes) is 2. The first-order valence-corrected chi connectivity index (χ1v) is 6.66. The van der Waals surface area contributed by atoms with Crippen molar-refractivity contribution < 1.29 is 15.0 Å². The lowest BCUT2D eigenvalue weighted by Gasteiger charge is -2.18. The molecule has 0 aliphatic rings. The van der Waals surface area contributed by atoms with Crippen molar-refractivity contribution in [2.24, 2.45) is 0 Å². The molecular formula is C15H21O3-. The number of hydrogen-bond acceptors (Lipinski definition) is 2. The number of hydrogen-bond donors (Lipinski definition) is 1. The van der Waals surface area contributed by atoms with Crippen molar-refractivity contribution in [3.8, 4) is 5.75 Å². The summed E-state index contributed by atoms with van der Waals surface area (Å²) in [6.45, 7) is 4.15. The largest absolute Gasteiger partial charge is 0.872 e. The summed E-state index contributed by atoms with van der Waals surface area (Å²) in [6.07, 6.45) is 5.52. The van der Waals surface area contributed by atoms with Gasteiger partial charge in [-0.05, 0) is 37.3 Å². The molecule has 0 bridgehead atoms. The van der Waals surface area contributed by atoms with Gasteiger partial charge in [-0.25, -0.2) is 4.79 Å². The monoisotopic (exact) mass is 249 g/mol. The van der Waals surface area contributed by atoms with Crippen molar-refractivity contribution >= 4 is 5.97 Å². The zero-order chi connectivity index (χ0) is 13.5. The van der Waals surface area contributed by atoms with Crippen LogP contribution in [0, 0.1) is 0 Å². The van der Waals surface area contributed by atoms with Crippen LogP contribution in [0.15, 0.2) is 12.1 Å². The molecule has 3 heteroatoms. The summed E-state index contributed by atoms with van der Waals surface area (Å²) < 4.78 is 0. The summed E-state index contributed by atoms with van der Waals surface area (Å²) in [5.74, 6) is -1.42. The van der Waals surface area contributed by atoms with Crippen LogP contribution in [-0.4, -0.2) is 11.1 Å². The minimum Gasteiger partial charge on any atom is -0.872 e. The van der Waals surface area contributed by atoms with Crippen molar-refractivity contribution in [2.45, 2.75) is 52.4 Å². The molecule has 0 radical (unpaired) electrons. The first-order valence-electron chi connectivity index (χ1n) is 6.66. The van der Waals surface area contributed by atoms with E-state index in [0.717, 1.165) is 37.7 Å². The van der Waals surface area contributed by atoms with Gasteiger partial charge in [-0.3, -0.25) is 0 Å². The molecule has 1 rings (SSSR count). The van der Waals surface area contributed by atoms with E-state index in [-0.39, 0.29) is 11.3 Å². The summed E-state index contributed by atoms with van der Waals surface area (Å²) in [7, 11) is 0. The predicted molar refractivity (Wildman–Crippen MR) is 70.1 cm³/mol. The van der Waals surface area contributed by atoms with Gasteiger partial charge in [0.15, 0.2) is 0 Å². The van der Waals surface area contributed by atoms with E-state index >= 15 is 0 Å². The SMILES string of the molecule is CCCCc1cc(CCCC)c([O-])c(C(=O)O)c1. The fourth-order valence-electron chi connectivity index (χ4n) is 1.99. The van der Waals surface area contributed by atoms with E-state index in [0.29, 0.717) is 12.0 Å². The quantitative estimate of drug-likeness (QED) is 0.807. The molecule has 0 fully saturated rings. The van der Waals surface area contributed by atoms with Gasteiger partial charge in [-0.2, -0.15) is 0 Å². The summed E-state index contributed by atoms with van der Waals surface area (Å²) >= 11 is 0. The molecule has 0 saturated carbocycles. The third-order valence-corrected chi connectivity index (χ3v) is 3.07. The highest BCUT2D eigenvalue weighted by Gasteiger charge is 2.09. The molecule has 3 nitrogen and oxygen atoms in total. The molecule has 0 aliphatic carbocycles. The van der Waals surface area contributed by atoms with Crippen LogP contribution in [0.2, 0.25) is 0 Å². The van der Waals surface area contributed by atoms with E-state index in [1.165, 1.54) is 6.07 Å². The van der Waals surface area contributed by atoms with Crippen LogP contribution < -0.4 is 5.11 Å². The topological polar surface area (TPSA) is 60.4 Å². The van der Waals surface area contributed by atoms with Crippen molar-refractivity contribution in [1.29, 1.82) is 0 Å². The maximum atomic E-state index is 12.0. The maximum absolute atomic E-state index is 12.0. The number of benzene rings is 1. The van der Waals surface area contributed by atoms with E-state index in [1.54, 1.807) is 0 Å².